The van der Waals surface area contributed by atoms with Crippen molar-refractivity contribution in [3.8, 4) is 0 Å². The first-order chi connectivity index (χ1) is 13.8. The number of carbonyl (C=O) groups is 2. The maximum absolute atomic E-state index is 13.3. The van der Waals surface area contributed by atoms with Gasteiger partial charge in [0, 0.05) is 29.5 Å². The molecule has 1 N–H and O–H groups in total. The van der Waals surface area contributed by atoms with E-state index in [9.17, 15) is 9.59 Å². The van der Waals surface area contributed by atoms with Crippen LogP contribution in [0.4, 0.5) is 10.5 Å². The summed E-state index contributed by atoms with van der Waals surface area (Å²) in [6, 6.07) is 15.1. The molecule has 3 atom stereocenters. The van der Waals surface area contributed by atoms with Crippen molar-refractivity contribution in [3.05, 3.63) is 64.1 Å². The Balaban J connectivity index is 1.76. The summed E-state index contributed by atoms with van der Waals surface area (Å²) < 4.78 is 0.841. The second-order valence-electron chi connectivity index (χ2n) is 8.44. The summed E-state index contributed by atoms with van der Waals surface area (Å²) in [7, 11) is 1.76. The monoisotopic (exact) mass is 456 g/mol. The second-order valence-corrected chi connectivity index (χ2v) is 9.36. The number of halogens is 1. The molecule has 0 aromatic heterocycles. The molecule has 2 aromatic rings. The molecule has 4 nitrogen and oxygen atoms in total. The molecule has 154 valence electrons. The highest BCUT2D eigenvalue weighted by molar-refractivity contribution is 9.10. The van der Waals surface area contributed by atoms with E-state index in [0.717, 1.165) is 22.9 Å². The molecule has 1 saturated carbocycles. The molecular weight excluding hydrogens is 428 g/mol. The van der Waals surface area contributed by atoms with Crippen LogP contribution in [0.3, 0.4) is 0 Å². The first kappa shape index (κ1) is 21.6. The Morgan fingerprint density at radius 3 is 2.34 bits per heavy atom. The molecule has 0 radical (unpaired) electrons. The van der Waals surface area contributed by atoms with Crippen LogP contribution in [0.1, 0.15) is 49.0 Å². The van der Waals surface area contributed by atoms with Crippen LogP contribution in [0.25, 0.3) is 0 Å². The highest BCUT2D eigenvalue weighted by Crippen LogP contribution is 2.36. The maximum atomic E-state index is 13.3. The van der Waals surface area contributed by atoms with Crippen molar-refractivity contribution >= 4 is 33.4 Å². The minimum Gasteiger partial charge on any atom is -0.323 e. The predicted octanol–water partition coefficient (Wildman–Crippen LogP) is 6.37. The van der Waals surface area contributed by atoms with Gasteiger partial charge in [0.05, 0.1) is 5.69 Å². The van der Waals surface area contributed by atoms with Crippen LogP contribution in [0.5, 0.6) is 0 Å². The quantitative estimate of drug-likeness (QED) is 0.531. The number of hydrogen-bond acceptors (Lipinski definition) is 2. The van der Waals surface area contributed by atoms with Gasteiger partial charge in [-0.3, -0.25) is 4.79 Å². The van der Waals surface area contributed by atoms with Gasteiger partial charge in [-0.05, 0) is 54.9 Å². The molecule has 1 aliphatic rings. The van der Waals surface area contributed by atoms with E-state index < -0.39 is 0 Å². The van der Waals surface area contributed by atoms with Crippen molar-refractivity contribution < 1.29 is 9.59 Å². The molecule has 2 aromatic carbocycles. The molecule has 29 heavy (non-hydrogen) atoms. The van der Waals surface area contributed by atoms with Gasteiger partial charge in [-0.25, -0.2) is 4.79 Å². The van der Waals surface area contributed by atoms with Crippen LogP contribution in [0, 0.1) is 17.8 Å². The van der Waals surface area contributed by atoms with Crippen molar-refractivity contribution in [2.75, 3.05) is 12.4 Å². The van der Waals surface area contributed by atoms with Gasteiger partial charge in [-0.2, -0.15) is 0 Å². The van der Waals surface area contributed by atoms with Gasteiger partial charge in [0.25, 0.3) is 0 Å². The van der Waals surface area contributed by atoms with E-state index in [1.807, 2.05) is 42.5 Å². The summed E-state index contributed by atoms with van der Waals surface area (Å²) in [4.78, 5) is 27.7. The lowest BCUT2D eigenvalue weighted by molar-refractivity contribution is 0.0837. The third-order valence-corrected chi connectivity index (χ3v) is 6.14. The van der Waals surface area contributed by atoms with Crippen molar-refractivity contribution in [3.63, 3.8) is 0 Å². The minimum atomic E-state index is -0.226. The van der Waals surface area contributed by atoms with E-state index in [-0.39, 0.29) is 17.7 Å². The van der Waals surface area contributed by atoms with Crippen LogP contribution < -0.4 is 5.32 Å². The number of anilines is 1. The van der Waals surface area contributed by atoms with Gasteiger partial charge in [0.15, 0.2) is 5.78 Å². The first-order valence-corrected chi connectivity index (χ1v) is 11.0. The normalized spacial score (nSPS) is 21.4. The second kappa shape index (κ2) is 9.57. The molecule has 0 heterocycles. The summed E-state index contributed by atoms with van der Waals surface area (Å²) in [6.07, 6.45) is 3.00. The number of urea groups is 1. The third-order valence-electron chi connectivity index (χ3n) is 5.65. The number of Topliss-reactive ketones (excluding diaryl/α,β-unsaturated/α-hetero) is 1. The summed E-state index contributed by atoms with van der Waals surface area (Å²) in [5, 5.41) is 2.95. The Bertz CT molecular complexity index is 858. The molecule has 5 heteroatoms. The molecule has 0 spiro atoms. The summed E-state index contributed by atoms with van der Waals surface area (Å²) in [5.74, 6) is 1.25. The standard InChI is InChI=1S/C24H29BrN2O2/c1-16-11-17(2)13-19(12-16)23(28)21-14-20(25)9-10-22(21)26-24(29)27(3)15-18-7-5-4-6-8-18/h4-10,14,16-17,19H,11-13,15H2,1-3H3,(H,26,29)/t16-,17+,19?. The van der Waals surface area contributed by atoms with Gasteiger partial charge in [-0.1, -0.05) is 60.1 Å². The van der Waals surface area contributed by atoms with Gasteiger partial charge in [0.1, 0.15) is 0 Å². The van der Waals surface area contributed by atoms with E-state index in [1.165, 1.54) is 6.42 Å². The zero-order chi connectivity index (χ0) is 21.0. The third kappa shape index (κ3) is 5.69. The van der Waals surface area contributed by atoms with Gasteiger partial charge in [-0.15, -0.1) is 0 Å². The molecule has 1 aliphatic carbocycles. The van der Waals surface area contributed by atoms with E-state index in [4.69, 9.17) is 0 Å². The fraction of sp³-hybridized carbons (Fsp3) is 0.417. The molecule has 0 bridgehead atoms. The smallest absolute Gasteiger partial charge is 0.321 e. The summed E-state index contributed by atoms with van der Waals surface area (Å²) in [5.41, 5.74) is 2.23. The van der Waals surface area contributed by atoms with Gasteiger partial charge >= 0.3 is 6.03 Å². The fourth-order valence-electron chi connectivity index (χ4n) is 4.35. The predicted molar refractivity (Wildman–Crippen MR) is 121 cm³/mol. The van der Waals surface area contributed by atoms with E-state index in [0.29, 0.717) is 29.6 Å². The maximum Gasteiger partial charge on any atom is 0.321 e. The van der Waals surface area contributed by atoms with Crippen LogP contribution in [-0.2, 0) is 6.54 Å². The van der Waals surface area contributed by atoms with Gasteiger partial charge < -0.3 is 10.2 Å². The average Bonchev–Trinajstić information content (AvgIpc) is 2.68. The minimum absolute atomic E-state index is 0.0146. The Hall–Kier alpha value is -2.14. The molecular formula is C24H29BrN2O2. The van der Waals surface area contributed by atoms with E-state index >= 15 is 0 Å². The number of ketones is 1. The SMILES string of the molecule is C[C@@H]1CC(C(=O)c2cc(Br)ccc2NC(=O)N(C)Cc2ccccc2)C[C@H](C)C1. The van der Waals surface area contributed by atoms with E-state index in [2.05, 4.69) is 35.1 Å². The number of nitrogens with one attached hydrogen (secondary N) is 1. The lowest BCUT2D eigenvalue weighted by atomic mass is 9.74. The Kier molecular flexibility index (Phi) is 7.12. The number of hydrogen-bond donors (Lipinski definition) is 1. The molecule has 1 unspecified atom stereocenters. The average molecular weight is 457 g/mol. The molecule has 0 aliphatic heterocycles. The number of rotatable bonds is 5. The number of benzene rings is 2. The van der Waals surface area contributed by atoms with E-state index in [1.54, 1.807) is 18.0 Å². The van der Waals surface area contributed by atoms with Crippen molar-refractivity contribution in [2.24, 2.45) is 17.8 Å². The van der Waals surface area contributed by atoms with Crippen molar-refractivity contribution in [2.45, 2.75) is 39.7 Å². The Labute approximate surface area is 181 Å². The fourth-order valence-corrected chi connectivity index (χ4v) is 4.71. The Morgan fingerprint density at radius 2 is 1.69 bits per heavy atom. The van der Waals surface area contributed by atoms with Crippen LogP contribution >= 0.6 is 15.9 Å². The molecule has 1 fully saturated rings. The molecule has 2 amide bonds. The zero-order valence-corrected chi connectivity index (χ0v) is 18.9. The van der Waals surface area contributed by atoms with Gasteiger partial charge in [0.2, 0.25) is 0 Å². The van der Waals surface area contributed by atoms with Crippen LogP contribution in [0.15, 0.2) is 53.0 Å². The van der Waals surface area contributed by atoms with Crippen molar-refractivity contribution in [1.29, 1.82) is 0 Å². The number of amides is 2. The summed E-state index contributed by atoms with van der Waals surface area (Å²) >= 11 is 3.48. The summed E-state index contributed by atoms with van der Waals surface area (Å²) in [6.45, 7) is 4.94. The topological polar surface area (TPSA) is 49.4 Å². The van der Waals surface area contributed by atoms with Crippen LogP contribution in [0.2, 0.25) is 0 Å². The highest BCUT2D eigenvalue weighted by atomic mass is 79.9. The largest absolute Gasteiger partial charge is 0.323 e. The highest BCUT2D eigenvalue weighted by Gasteiger charge is 2.31. The Morgan fingerprint density at radius 1 is 1.03 bits per heavy atom. The molecule has 0 saturated heterocycles. The lowest BCUT2D eigenvalue weighted by Gasteiger charge is -2.31. The molecule has 3 rings (SSSR count). The van der Waals surface area contributed by atoms with Crippen molar-refractivity contribution in [1.82, 2.24) is 4.90 Å². The van der Waals surface area contributed by atoms with Crippen LogP contribution in [-0.4, -0.2) is 23.8 Å². The first-order valence-electron chi connectivity index (χ1n) is 10.2. The number of nitrogens with zero attached hydrogens (tertiary/aromatic N) is 1. The number of carbonyl (C=O) groups excluding carboxylic acids is 2. The lowest BCUT2D eigenvalue weighted by Crippen LogP contribution is -2.32. The zero-order valence-electron chi connectivity index (χ0n) is 17.3.